The molecule has 0 radical (unpaired) electrons. The number of carbonyl (C=O) groups is 1. The Morgan fingerprint density at radius 1 is 1.25 bits per heavy atom. The Kier molecular flexibility index (Phi) is 6.23. The summed E-state index contributed by atoms with van der Waals surface area (Å²) in [5.74, 6) is 0.710. The van der Waals surface area contributed by atoms with E-state index in [0.717, 1.165) is 6.42 Å². The minimum absolute atomic E-state index is 0.366. The van der Waals surface area contributed by atoms with E-state index in [1.54, 1.807) is 6.92 Å². The number of rotatable bonds is 5. The summed E-state index contributed by atoms with van der Waals surface area (Å²) in [7, 11) is -1.12. The van der Waals surface area contributed by atoms with Crippen molar-refractivity contribution in [1.29, 1.82) is 0 Å². The lowest BCUT2D eigenvalue weighted by atomic mass is 10.2. The first kappa shape index (κ1) is 15.6. The number of carbonyl (C=O) groups excluding carboxylic acids is 1. The maximum atomic E-state index is 11.8. The van der Waals surface area contributed by atoms with Crippen LogP contribution in [0.15, 0.2) is 0 Å². The molecule has 2 atom stereocenters. The van der Waals surface area contributed by atoms with Gasteiger partial charge in [0, 0.05) is 16.6 Å². The van der Waals surface area contributed by atoms with Crippen molar-refractivity contribution in [1.82, 2.24) is 0 Å². The van der Waals surface area contributed by atoms with Crippen molar-refractivity contribution in [3.05, 3.63) is 0 Å². The summed E-state index contributed by atoms with van der Waals surface area (Å²) >= 11 is 0. The maximum absolute atomic E-state index is 11.8. The van der Waals surface area contributed by atoms with Gasteiger partial charge < -0.3 is 4.74 Å². The lowest BCUT2D eigenvalue weighted by Crippen LogP contribution is -2.33. The third kappa shape index (κ3) is 6.99. The lowest BCUT2D eigenvalue weighted by molar-refractivity contribution is -0.153. The summed E-state index contributed by atoms with van der Waals surface area (Å²) < 4.78 is 17.0. The van der Waals surface area contributed by atoms with Crippen molar-refractivity contribution in [2.45, 2.75) is 58.8 Å². The van der Waals surface area contributed by atoms with Crippen LogP contribution < -0.4 is 0 Å². The predicted molar refractivity (Wildman–Crippen MR) is 67.8 cm³/mol. The summed E-state index contributed by atoms with van der Waals surface area (Å²) in [6, 6.07) is 0. The molecule has 0 aliphatic heterocycles. The van der Waals surface area contributed by atoms with Crippen LogP contribution in [-0.4, -0.2) is 26.8 Å². The topological polar surface area (TPSA) is 43.4 Å². The first-order chi connectivity index (χ1) is 7.13. The van der Waals surface area contributed by atoms with E-state index in [4.69, 9.17) is 4.74 Å². The fourth-order valence-corrected chi connectivity index (χ4v) is 2.34. The lowest BCUT2D eigenvalue weighted by Gasteiger charge is -2.22. The highest BCUT2D eigenvalue weighted by Gasteiger charge is 2.25. The van der Waals surface area contributed by atoms with E-state index >= 15 is 0 Å². The Morgan fingerprint density at radius 2 is 1.75 bits per heavy atom. The molecule has 0 aromatic carbocycles. The van der Waals surface area contributed by atoms with Crippen LogP contribution in [0.2, 0.25) is 0 Å². The molecule has 0 rings (SSSR count). The van der Waals surface area contributed by atoms with Crippen LogP contribution in [0.3, 0.4) is 0 Å². The van der Waals surface area contributed by atoms with Crippen molar-refractivity contribution in [3.63, 3.8) is 0 Å². The average Bonchev–Trinajstić information content (AvgIpc) is 2.10. The Balaban J connectivity index is 4.17. The van der Waals surface area contributed by atoms with Gasteiger partial charge in [0.15, 0.2) is 0 Å². The van der Waals surface area contributed by atoms with Crippen LogP contribution in [0.5, 0.6) is 0 Å². The Hall–Kier alpha value is -0.380. The highest BCUT2D eigenvalue weighted by atomic mass is 32.2. The van der Waals surface area contributed by atoms with E-state index in [2.05, 4.69) is 13.8 Å². The van der Waals surface area contributed by atoms with Gasteiger partial charge in [-0.2, -0.15) is 0 Å². The van der Waals surface area contributed by atoms with Crippen molar-refractivity contribution >= 4 is 16.8 Å². The van der Waals surface area contributed by atoms with Gasteiger partial charge in [0.2, 0.25) is 0 Å². The molecule has 4 heteroatoms. The summed E-state index contributed by atoms with van der Waals surface area (Å²) in [5.41, 5.74) is -0.506. The summed E-state index contributed by atoms with van der Waals surface area (Å²) in [4.78, 5) is 11.6. The molecule has 0 aromatic heterocycles. The molecule has 0 bridgehead atoms. The van der Waals surface area contributed by atoms with E-state index in [-0.39, 0.29) is 5.97 Å². The second kappa shape index (κ2) is 6.38. The fourth-order valence-electron chi connectivity index (χ4n) is 1.02. The van der Waals surface area contributed by atoms with Gasteiger partial charge in [-0.05, 0) is 40.0 Å². The average molecular weight is 248 g/mol. The van der Waals surface area contributed by atoms with Crippen LogP contribution in [0.25, 0.3) is 0 Å². The van der Waals surface area contributed by atoms with Gasteiger partial charge in [0.05, 0.1) is 0 Å². The van der Waals surface area contributed by atoms with Gasteiger partial charge in [0.25, 0.3) is 0 Å². The third-order valence-corrected chi connectivity index (χ3v) is 3.65. The largest absolute Gasteiger partial charge is 0.459 e. The first-order valence-electron chi connectivity index (χ1n) is 5.73. The summed E-state index contributed by atoms with van der Waals surface area (Å²) in [6.45, 7) is 11.3. The molecule has 0 N–H and O–H groups in total. The van der Waals surface area contributed by atoms with E-state index < -0.39 is 21.7 Å². The molecule has 16 heavy (non-hydrogen) atoms. The number of hydrogen-bond donors (Lipinski definition) is 0. The van der Waals surface area contributed by atoms with Gasteiger partial charge in [-0.15, -0.1) is 0 Å². The molecular formula is C12H24O3S. The standard InChI is InChI=1S/C12H24O3S/c1-9(2)7-8-16(14)10(3)11(13)15-12(4,5)6/h9-10H,7-8H2,1-6H3. The Bertz CT molecular complexity index is 253. The quantitative estimate of drug-likeness (QED) is 0.702. The Labute approximate surface area is 101 Å². The van der Waals surface area contributed by atoms with Gasteiger partial charge in [-0.1, -0.05) is 13.8 Å². The molecule has 0 fully saturated rings. The van der Waals surface area contributed by atoms with Crippen LogP contribution >= 0.6 is 0 Å². The second-order valence-corrected chi connectivity index (χ2v) is 7.32. The van der Waals surface area contributed by atoms with Gasteiger partial charge >= 0.3 is 5.97 Å². The van der Waals surface area contributed by atoms with Crippen LogP contribution in [0, 0.1) is 5.92 Å². The zero-order chi connectivity index (χ0) is 12.9. The SMILES string of the molecule is CC(C)CCS(=O)C(C)C(=O)OC(C)(C)C. The van der Waals surface area contributed by atoms with Crippen molar-refractivity contribution in [2.24, 2.45) is 5.92 Å². The normalized spacial score (nSPS) is 15.9. The third-order valence-electron chi connectivity index (χ3n) is 2.03. The number of esters is 1. The highest BCUT2D eigenvalue weighted by molar-refractivity contribution is 7.86. The van der Waals surface area contributed by atoms with Gasteiger partial charge in [-0.25, -0.2) is 0 Å². The molecule has 0 heterocycles. The molecule has 3 nitrogen and oxygen atoms in total. The zero-order valence-electron chi connectivity index (χ0n) is 11.2. The van der Waals surface area contributed by atoms with E-state index in [0.29, 0.717) is 11.7 Å². The van der Waals surface area contributed by atoms with Gasteiger partial charge in [-0.3, -0.25) is 9.00 Å². The minimum Gasteiger partial charge on any atom is -0.459 e. The molecule has 2 unspecified atom stereocenters. The molecular weight excluding hydrogens is 224 g/mol. The van der Waals surface area contributed by atoms with Crippen molar-refractivity contribution in [3.8, 4) is 0 Å². The Morgan fingerprint density at radius 3 is 2.12 bits per heavy atom. The molecule has 0 aromatic rings. The summed E-state index contributed by atoms with van der Waals surface area (Å²) in [6.07, 6.45) is 0.875. The smallest absolute Gasteiger partial charge is 0.321 e. The minimum atomic E-state index is -1.12. The maximum Gasteiger partial charge on any atom is 0.321 e. The van der Waals surface area contributed by atoms with E-state index in [1.165, 1.54) is 0 Å². The molecule has 0 amide bonds. The van der Waals surface area contributed by atoms with Crippen LogP contribution in [0.4, 0.5) is 0 Å². The zero-order valence-corrected chi connectivity index (χ0v) is 12.0. The predicted octanol–water partition coefficient (Wildman–Crippen LogP) is 2.51. The molecule has 0 aliphatic rings. The van der Waals surface area contributed by atoms with Crippen LogP contribution in [0.1, 0.15) is 48.0 Å². The number of ether oxygens (including phenoxy) is 1. The molecule has 0 saturated carbocycles. The van der Waals surface area contributed by atoms with Crippen molar-refractivity contribution < 1.29 is 13.7 Å². The second-order valence-electron chi connectivity index (χ2n) is 5.44. The first-order valence-corrected chi connectivity index (χ1v) is 7.11. The molecule has 0 spiro atoms. The van der Waals surface area contributed by atoms with Crippen molar-refractivity contribution in [2.75, 3.05) is 5.75 Å². The summed E-state index contributed by atoms with van der Waals surface area (Å²) in [5, 5.41) is -0.530. The molecule has 0 aliphatic carbocycles. The highest BCUT2D eigenvalue weighted by Crippen LogP contribution is 2.12. The van der Waals surface area contributed by atoms with Crippen LogP contribution in [-0.2, 0) is 20.3 Å². The fraction of sp³-hybridized carbons (Fsp3) is 0.917. The number of hydrogen-bond acceptors (Lipinski definition) is 3. The monoisotopic (exact) mass is 248 g/mol. The molecule has 0 saturated heterocycles. The van der Waals surface area contributed by atoms with E-state index in [1.807, 2.05) is 20.8 Å². The van der Waals surface area contributed by atoms with Gasteiger partial charge in [0.1, 0.15) is 10.9 Å². The molecule has 96 valence electrons. The van der Waals surface area contributed by atoms with E-state index in [9.17, 15) is 9.00 Å².